The third-order valence-electron chi connectivity index (χ3n) is 7.57. The first kappa shape index (κ1) is 25.5. The molecule has 3 aromatic rings. The van der Waals surface area contributed by atoms with E-state index in [1.165, 1.54) is 4.52 Å². The van der Waals surface area contributed by atoms with Gasteiger partial charge in [0.25, 0.3) is 5.91 Å². The molecule has 2 aromatic heterocycles. The fourth-order valence-corrected chi connectivity index (χ4v) is 5.84. The number of hydrogen-bond acceptors (Lipinski definition) is 10. The quantitative estimate of drug-likeness (QED) is 0.293. The van der Waals surface area contributed by atoms with Gasteiger partial charge >= 0.3 is 0 Å². The number of nitrogens with two attached hydrogens (primary N) is 1. The fourth-order valence-electron chi connectivity index (χ4n) is 5.28. The summed E-state index contributed by atoms with van der Waals surface area (Å²) in [5, 5.41) is 27.5. The number of sulfonamides is 1. The Balaban J connectivity index is 1.42. The van der Waals surface area contributed by atoms with Crippen LogP contribution in [0, 0.1) is 17.2 Å². The third-order valence-corrected chi connectivity index (χ3v) is 8.16. The number of fused-ring (bicyclic) bond motifs is 2. The number of amides is 1. The Labute approximate surface area is 224 Å². The maximum absolute atomic E-state index is 13.4. The van der Waals surface area contributed by atoms with Crippen LogP contribution in [-0.4, -0.2) is 70.0 Å². The number of rotatable bonds is 8. The predicted octanol–water partition coefficient (Wildman–Crippen LogP) is 0.977. The molecular weight excluding hydrogens is 524 g/mol. The van der Waals surface area contributed by atoms with Gasteiger partial charge in [-0.15, -0.1) is 5.10 Å². The normalized spacial score (nSPS) is 19.8. The number of ether oxygens (including phenoxy) is 1. The smallest absolute Gasteiger partial charge is 0.256 e. The molecule has 1 unspecified atom stereocenters. The minimum atomic E-state index is -3.68. The maximum Gasteiger partial charge on any atom is 0.256 e. The Morgan fingerprint density at radius 1 is 1.33 bits per heavy atom. The summed E-state index contributed by atoms with van der Waals surface area (Å²) >= 11 is 0. The van der Waals surface area contributed by atoms with E-state index in [4.69, 9.17) is 15.5 Å². The summed E-state index contributed by atoms with van der Waals surface area (Å²) in [6, 6.07) is 7.28. The second kappa shape index (κ2) is 8.88. The molecule has 14 heteroatoms. The molecule has 2 aliphatic heterocycles. The molecule has 4 heterocycles. The van der Waals surface area contributed by atoms with Gasteiger partial charge < -0.3 is 20.5 Å². The second-order valence-corrected chi connectivity index (χ2v) is 12.3. The Hall–Kier alpha value is -3.77. The second-order valence-electron chi connectivity index (χ2n) is 10.6. The van der Waals surface area contributed by atoms with Crippen LogP contribution in [0.2, 0.25) is 0 Å². The first-order valence-electron chi connectivity index (χ1n) is 12.5. The standard InChI is InChI=1S/C25H28N8O5S/c1-13(14-3-4-14)32-9-16-7-15(8-18(19(16)24(32)35)31-39(2,36)37)17-5-6-33-22(28-17)20(21(27)30-33)23(34)29-25(10-26)11-38-12-25/h5-8,13-14,23,29,31,34H,3-4,9,11-12H2,1-2H3,(H2,27,30)/t13-,23?/m0/s1. The Kier molecular flexibility index (Phi) is 5.81. The maximum atomic E-state index is 13.4. The lowest BCUT2D eigenvalue weighted by Gasteiger charge is -2.37. The van der Waals surface area contributed by atoms with Crippen molar-refractivity contribution in [3.63, 3.8) is 0 Å². The van der Waals surface area contributed by atoms with Crippen LogP contribution >= 0.6 is 0 Å². The minimum absolute atomic E-state index is 0.0386. The Morgan fingerprint density at radius 2 is 2.08 bits per heavy atom. The van der Waals surface area contributed by atoms with Gasteiger partial charge in [0, 0.05) is 24.3 Å². The van der Waals surface area contributed by atoms with Gasteiger partial charge in [-0.1, -0.05) is 0 Å². The Morgan fingerprint density at radius 3 is 2.69 bits per heavy atom. The van der Waals surface area contributed by atoms with E-state index in [2.05, 4.69) is 21.2 Å². The zero-order valence-electron chi connectivity index (χ0n) is 21.4. The summed E-state index contributed by atoms with van der Waals surface area (Å²) in [5.41, 5.74) is 7.80. The molecule has 1 amide bonds. The highest BCUT2D eigenvalue weighted by atomic mass is 32.2. The van der Waals surface area contributed by atoms with E-state index in [1.54, 1.807) is 23.2 Å². The van der Waals surface area contributed by atoms with Crippen LogP contribution < -0.4 is 15.8 Å². The number of anilines is 2. The summed E-state index contributed by atoms with van der Waals surface area (Å²) in [6.45, 7) is 2.64. The number of hydrogen-bond donors (Lipinski definition) is 4. The number of carbonyl (C=O) groups is 1. The highest BCUT2D eigenvalue weighted by Gasteiger charge is 2.42. The number of aromatic nitrogens is 3. The van der Waals surface area contributed by atoms with E-state index in [-0.39, 0.29) is 47.9 Å². The van der Waals surface area contributed by atoms with Crippen molar-refractivity contribution >= 4 is 33.1 Å². The monoisotopic (exact) mass is 552 g/mol. The number of nitrogens with one attached hydrogen (secondary N) is 2. The highest BCUT2D eigenvalue weighted by molar-refractivity contribution is 7.92. The molecule has 3 aliphatic rings. The molecule has 1 saturated heterocycles. The van der Waals surface area contributed by atoms with Gasteiger partial charge in [-0.25, -0.2) is 17.9 Å². The molecule has 13 nitrogen and oxygen atoms in total. The number of nitrogen functional groups attached to an aromatic ring is 1. The van der Waals surface area contributed by atoms with Crippen LogP contribution in [0.15, 0.2) is 24.4 Å². The molecule has 204 valence electrons. The van der Waals surface area contributed by atoms with Crippen LogP contribution in [0.25, 0.3) is 16.9 Å². The zero-order chi connectivity index (χ0) is 27.7. The molecule has 1 aromatic carbocycles. The Bertz CT molecular complexity index is 1650. The van der Waals surface area contributed by atoms with Gasteiger partial charge in [-0.05, 0) is 49.4 Å². The summed E-state index contributed by atoms with van der Waals surface area (Å²) in [6.07, 6.45) is 3.47. The van der Waals surface area contributed by atoms with Crippen LogP contribution in [-0.2, 0) is 21.3 Å². The summed E-state index contributed by atoms with van der Waals surface area (Å²) in [7, 11) is -3.68. The van der Waals surface area contributed by atoms with E-state index in [0.717, 1.165) is 19.1 Å². The molecule has 0 radical (unpaired) electrons. The number of aliphatic hydroxyl groups is 1. The highest BCUT2D eigenvalue weighted by Crippen LogP contribution is 2.41. The van der Waals surface area contributed by atoms with E-state index in [1.807, 2.05) is 13.0 Å². The first-order valence-corrected chi connectivity index (χ1v) is 14.4. The fraction of sp³-hybridized carbons (Fsp3) is 0.440. The molecule has 0 bridgehead atoms. The molecule has 5 N–H and O–H groups in total. The predicted molar refractivity (Wildman–Crippen MR) is 141 cm³/mol. The number of aliphatic hydroxyl groups excluding tert-OH is 1. The molecule has 1 aliphatic carbocycles. The molecular formula is C25H28N8O5S. The van der Waals surface area contributed by atoms with Gasteiger partial charge in [0.2, 0.25) is 10.0 Å². The van der Waals surface area contributed by atoms with Crippen LogP contribution in [0.5, 0.6) is 0 Å². The number of benzene rings is 1. The van der Waals surface area contributed by atoms with Crippen LogP contribution in [0.3, 0.4) is 0 Å². The summed E-state index contributed by atoms with van der Waals surface area (Å²) in [5.74, 6) is 0.296. The lowest BCUT2D eigenvalue weighted by Crippen LogP contribution is -2.60. The van der Waals surface area contributed by atoms with Gasteiger partial charge in [-0.3, -0.25) is 14.8 Å². The van der Waals surface area contributed by atoms with E-state index < -0.39 is 21.8 Å². The topological polar surface area (TPSA) is 188 Å². The van der Waals surface area contributed by atoms with Crippen molar-refractivity contribution in [2.24, 2.45) is 5.92 Å². The van der Waals surface area contributed by atoms with Crippen molar-refractivity contribution in [2.45, 2.75) is 44.1 Å². The largest absolute Gasteiger partial charge is 0.382 e. The number of nitrogens with zero attached hydrogens (tertiary/aromatic N) is 5. The van der Waals surface area contributed by atoms with Crippen molar-refractivity contribution in [1.29, 1.82) is 5.26 Å². The minimum Gasteiger partial charge on any atom is -0.382 e. The summed E-state index contributed by atoms with van der Waals surface area (Å²) < 4.78 is 33.5. The van der Waals surface area contributed by atoms with Gasteiger partial charge in [0.1, 0.15) is 6.23 Å². The molecule has 2 atom stereocenters. The first-order chi connectivity index (χ1) is 18.5. The van der Waals surface area contributed by atoms with Gasteiger partial charge in [-0.2, -0.15) is 5.26 Å². The molecule has 39 heavy (non-hydrogen) atoms. The molecule has 2 fully saturated rings. The van der Waals surface area contributed by atoms with E-state index in [9.17, 15) is 23.6 Å². The van der Waals surface area contributed by atoms with E-state index in [0.29, 0.717) is 34.8 Å². The van der Waals surface area contributed by atoms with Crippen molar-refractivity contribution < 1.29 is 23.1 Å². The van der Waals surface area contributed by atoms with Crippen molar-refractivity contribution in [3.8, 4) is 17.3 Å². The van der Waals surface area contributed by atoms with Crippen LogP contribution in [0.4, 0.5) is 11.5 Å². The van der Waals surface area contributed by atoms with Crippen molar-refractivity contribution in [1.82, 2.24) is 24.8 Å². The number of carbonyl (C=O) groups excluding carboxylic acids is 1. The van der Waals surface area contributed by atoms with Gasteiger partial charge in [0.15, 0.2) is 17.0 Å². The van der Waals surface area contributed by atoms with Gasteiger partial charge in [0.05, 0.1) is 48.0 Å². The zero-order valence-corrected chi connectivity index (χ0v) is 22.2. The SMILES string of the molecule is C[C@@H](C1CC1)N1Cc2cc(-c3ccn4nc(N)c(C(O)NC5(C#N)COC5)c4n3)cc(NS(C)(=O)=O)c2C1=O. The molecule has 6 rings (SSSR count). The van der Waals surface area contributed by atoms with Crippen LogP contribution in [0.1, 0.15) is 47.5 Å². The summed E-state index contributed by atoms with van der Waals surface area (Å²) in [4.78, 5) is 19.9. The van der Waals surface area contributed by atoms with E-state index >= 15 is 0 Å². The lowest BCUT2D eigenvalue weighted by atomic mass is 9.99. The van der Waals surface area contributed by atoms with Crippen molar-refractivity contribution in [3.05, 3.63) is 41.1 Å². The molecule has 1 saturated carbocycles. The number of nitriles is 1. The average Bonchev–Trinajstić information content (AvgIpc) is 3.57. The lowest BCUT2D eigenvalue weighted by molar-refractivity contribution is -0.0687. The van der Waals surface area contributed by atoms with Crippen molar-refractivity contribution in [2.75, 3.05) is 29.9 Å². The molecule has 0 spiro atoms. The average molecular weight is 553 g/mol. The third kappa shape index (κ3) is 4.47.